The van der Waals surface area contributed by atoms with Crippen LogP contribution in [0, 0.1) is 3.57 Å². The molecule has 1 amide bonds. The van der Waals surface area contributed by atoms with Gasteiger partial charge in [0.05, 0.1) is 28.2 Å². The lowest BCUT2D eigenvalue weighted by atomic mass is 10.2. The molecule has 2 aliphatic heterocycles. The minimum Gasteiger partial charge on any atom is -0.504 e. The summed E-state index contributed by atoms with van der Waals surface area (Å²) in [5.74, 6) is 0.381. The summed E-state index contributed by atoms with van der Waals surface area (Å²) in [5.41, 5.74) is 0.784. The topological polar surface area (TPSA) is 59.0 Å². The number of thiocarbonyl (C=S) groups is 1. The lowest BCUT2D eigenvalue weighted by molar-refractivity contribution is -0.123. The largest absolute Gasteiger partial charge is 0.504 e. The molecule has 0 spiro atoms. The minimum atomic E-state index is -0.0949. The van der Waals surface area contributed by atoms with Gasteiger partial charge < -0.3 is 14.6 Å². The van der Waals surface area contributed by atoms with Crippen molar-refractivity contribution in [2.45, 2.75) is 18.9 Å². The average Bonchev–Trinajstić information content (AvgIpc) is 3.15. The molecule has 1 aromatic rings. The van der Waals surface area contributed by atoms with Gasteiger partial charge in [0, 0.05) is 6.61 Å². The molecular formula is C16H16INO4S2. The number of thioether (sulfide) groups is 1. The van der Waals surface area contributed by atoms with Crippen molar-refractivity contribution in [3.8, 4) is 11.5 Å². The molecule has 0 unspecified atom stereocenters. The third-order valence-corrected chi connectivity index (χ3v) is 6.05. The first-order chi connectivity index (χ1) is 11.5. The van der Waals surface area contributed by atoms with Crippen LogP contribution < -0.4 is 4.74 Å². The number of rotatable bonds is 4. The zero-order valence-corrected chi connectivity index (χ0v) is 16.7. The summed E-state index contributed by atoms with van der Waals surface area (Å²) >= 11 is 8.67. The molecule has 1 N–H and O–H groups in total. The van der Waals surface area contributed by atoms with E-state index in [0.717, 1.165) is 25.0 Å². The molecule has 0 aromatic heterocycles. The van der Waals surface area contributed by atoms with E-state index in [9.17, 15) is 9.90 Å². The zero-order valence-electron chi connectivity index (χ0n) is 13.0. The standard InChI is InChI=1S/C16H16INO4S2/c1-21-12-6-9(5-11(17)14(12)19)7-13-15(20)18(16(23)24-13)8-10-3-2-4-22-10/h5-7,10,19H,2-4,8H2,1H3/b13-7-/t10-/m1/s1. The summed E-state index contributed by atoms with van der Waals surface area (Å²) < 4.78 is 12.0. The first-order valence-electron chi connectivity index (χ1n) is 7.43. The van der Waals surface area contributed by atoms with Crippen molar-refractivity contribution in [3.05, 3.63) is 26.2 Å². The number of benzene rings is 1. The molecule has 0 saturated carbocycles. The summed E-state index contributed by atoms with van der Waals surface area (Å²) in [5, 5.41) is 9.91. The number of nitrogens with zero attached hydrogens (tertiary/aromatic N) is 1. The monoisotopic (exact) mass is 477 g/mol. The fourth-order valence-corrected chi connectivity index (χ4v) is 4.53. The molecule has 0 aliphatic carbocycles. The summed E-state index contributed by atoms with van der Waals surface area (Å²) in [7, 11) is 1.50. The number of carbonyl (C=O) groups excluding carboxylic acids is 1. The Morgan fingerprint density at radius 2 is 2.38 bits per heavy atom. The molecule has 2 aliphatic rings. The molecule has 1 atom stereocenters. The number of phenolic OH excluding ortho intramolecular Hbond substituents is 1. The predicted molar refractivity (Wildman–Crippen MR) is 106 cm³/mol. The van der Waals surface area contributed by atoms with E-state index in [-0.39, 0.29) is 17.8 Å². The van der Waals surface area contributed by atoms with E-state index in [2.05, 4.69) is 0 Å². The van der Waals surface area contributed by atoms with Gasteiger partial charge in [-0.1, -0.05) is 24.0 Å². The SMILES string of the molecule is COc1cc(/C=C2\SC(=S)N(C[C@H]3CCCO3)C2=O)cc(I)c1O. The summed E-state index contributed by atoms with van der Waals surface area (Å²) in [4.78, 5) is 14.8. The van der Waals surface area contributed by atoms with Gasteiger partial charge in [-0.15, -0.1) is 0 Å². The van der Waals surface area contributed by atoms with Crippen LogP contribution in [0.15, 0.2) is 17.0 Å². The second kappa shape index (κ2) is 7.59. The Bertz CT molecular complexity index is 716. The molecule has 8 heteroatoms. The van der Waals surface area contributed by atoms with E-state index in [1.807, 2.05) is 22.6 Å². The Labute approximate surface area is 163 Å². The lowest BCUT2D eigenvalue weighted by Crippen LogP contribution is -2.35. The molecule has 0 bridgehead atoms. The highest BCUT2D eigenvalue weighted by molar-refractivity contribution is 14.1. The Kier molecular flexibility index (Phi) is 5.68. The third-order valence-electron chi connectivity index (χ3n) is 3.85. The lowest BCUT2D eigenvalue weighted by Gasteiger charge is -2.18. The van der Waals surface area contributed by atoms with Gasteiger partial charge >= 0.3 is 0 Å². The maximum Gasteiger partial charge on any atom is 0.266 e. The van der Waals surface area contributed by atoms with Gasteiger partial charge in [-0.2, -0.15) is 0 Å². The Morgan fingerprint density at radius 1 is 1.58 bits per heavy atom. The van der Waals surface area contributed by atoms with Crippen LogP contribution in [0.5, 0.6) is 11.5 Å². The van der Waals surface area contributed by atoms with Crippen molar-refractivity contribution < 1.29 is 19.4 Å². The summed E-state index contributed by atoms with van der Waals surface area (Å²) in [6, 6.07) is 3.50. The number of aromatic hydroxyl groups is 1. The third kappa shape index (κ3) is 3.71. The first kappa shape index (κ1) is 18.0. The van der Waals surface area contributed by atoms with Crippen molar-refractivity contribution in [1.29, 1.82) is 0 Å². The molecule has 2 heterocycles. The molecule has 2 fully saturated rings. The second-order valence-corrected chi connectivity index (χ2v) is 8.32. The van der Waals surface area contributed by atoms with Crippen LogP contribution in [-0.2, 0) is 9.53 Å². The van der Waals surface area contributed by atoms with Crippen molar-refractivity contribution in [2.24, 2.45) is 0 Å². The summed E-state index contributed by atoms with van der Waals surface area (Å²) in [6.07, 6.45) is 3.84. The molecule has 128 valence electrons. The number of halogens is 1. The number of methoxy groups -OCH3 is 1. The van der Waals surface area contributed by atoms with E-state index < -0.39 is 0 Å². The van der Waals surface area contributed by atoms with E-state index in [4.69, 9.17) is 21.7 Å². The van der Waals surface area contributed by atoms with Crippen molar-refractivity contribution in [3.63, 3.8) is 0 Å². The molecule has 5 nitrogen and oxygen atoms in total. The molecular weight excluding hydrogens is 461 g/mol. The highest BCUT2D eigenvalue weighted by Crippen LogP contribution is 2.37. The van der Waals surface area contributed by atoms with Crippen LogP contribution in [0.2, 0.25) is 0 Å². The maximum absolute atomic E-state index is 12.6. The smallest absolute Gasteiger partial charge is 0.266 e. The van der Waals surface area contributed by atoms with E-state index in [1.54, 1.807) is 23.1 Å². The zero-order chi connectivity index (χ0) is 17.3. The summed E-state index contributed by atoms with van der Waals surface area (Å²) in [6.45, 7) is 1.26. The van der Waals surface area contributed by atoms with E-state index in [0.29, 0.717) is 25.1 Å². The number of hydrogen-bond acceptors (Lipinski definition) is 6. The molecule has 3 rings (SSSR count). The fourth-order valence-electron chi connectivity index (χ4n) is 2.63. The van der Waals surface area contributed by atoms with Crippen LogP contribution >= 0.6 is 46.6 Å². The van der Waals surface area contributed by atoms with Crippen LogP contribution in [0.3, 0.4) is 0 Å². The molecule has 1 aromatic carbocycles. The van der Waals surface area contributed by atoms with Gasteiger partial charge in [0.2, 0.25) is 0 Å². The normalized spacial score (nSPS) is 22.7. The molecule has 24 heavy (non-hydrogen) atoms. The van der Waals surface area contributed by atoms with Crippen molar-refractivity contribution >= 4 is 62.9 Å². The number of ether oxygens (including phenoxy) is 2. The fraction of sp³-hybridized carbons (Fsp3) is 0.375. The number of amides is 1. The Balaban J connectivity index is 1.82. The molecule has 2 saturated heterocycles. The van der Waals surface area contributed by atoms with Gasteiger partial charge in [-0.25, -0.2) is 0 Å². The van der Waals surface area contributed by atoms with Crippen LogP contribution in [-0.4, -0.2) is 46.6 Å². The van der Waals surface area contributed by atoms with Gasteiger partial charge in [0.15, 0.2) is 11.5 Å². The highest BCUT2D eigenvalue weighted by Gasteiger charge is 2.34. The maximum atomic E-state index is 12.6. The number of phenols is 1. The Morgan fingerprint density at radius 3 is 3.04 bits per heavy atom. The molecule has 0 radical (unpaired) electrons. The van der Waals surface area contributed by atoms with Gasteiger partial charge in [-0.3, -0.25) is 9.69 Å². The predicted octanol–water partition coefficient (Wildman–Crippen LogP) is 3.39. The average molecular weight is 477 g/mol. The van der Waals surface area contributed by atoms with Crippen LogP contribution in [0.1, 0.15) is 18.4 Å². The van der Waals surface area contributed by atoms with Crippen LogP contribution in [0.4, 0.5) is 0 Å². The Hall–Kier alpha value is -0.840. The van der Waals surface area contributed by atoms with Crippen molar-refractivity contribution in [1.82, 2.24) is 4.90 Å². The first-order valence-corrected chi connectivity index (χ1v) is 9.73. The second-order valence-electron chi connectivity index (χ2n) is 5.48. The number of carbonyl (C=O) groups is 1. The van der Waals surface area contributed by atoms with Crippen molar-refractivity contribution in [2.75, 3.05) is 20.3 Å². The van der Waals surface area contributed by atoms with E-state index >= 15 is 0 Å². The highest BCUT2D eigenvalue weighted by atomic mass is 127. The van der Waals surface area contributed by atoms with E-state index in [1.165, 1.54) is 18.9 Å². The van der Waals surface area contributed by atoms with Gasteiger partial charge in [-0.05, 0) is 59.2 Å². The van der Waals surface area contributed by atoms with Crippen LogP contribution in [0.25, 0.3) is 6.08 Å². The minimum absolute atomic E-state index is 0.0709. The van der Waals surface area contributed by atoms with Gasteiger partial charge in [0.1, 0.15) is 4.32 Å². The quantitative estimate of drug-likeness (QED) is 0.408. The number of hydrogen-bond donors (Lipinski definition) is 1. The van der Waals surface area contributed by atoms with Gasteiger partial charge in [0.25, 0.3) is 5.91 Å².